The smallest absolute Gasteiger partial charge is 0.410 e. The van der Waals surface area contributed by atoms with Gasteiger partial charge < -0.3 is 15.0 Å². The topological polar surface area (TPSA) is 41.6 Å². The fourth-order valence-corrected chi connectivity index (χ4v) is 2.30. The summed E-state index contributed by atoms with van der Waals surface area (Å²) < 4.78 is 5.43. The van der Waals surface area contributed by atoms with Crippen molar-refractivity contribution in [3.05, 3.63) is 0 Å². The van der Waals surface area contributed by atoms with Gasteiger partial charge in [0.05, 0.1) is 0 Å². The lowest BCUT2D eigenvalue weighted by molar-refractivity contribution is 0.0117. The molecule has 4 nitrogen and oxygen atoms in total. The number of piperidine rings is 1. The van der Waals surface area contributed by atoms with Gasteiger partial charge in [-0.2, -0.15) is 0 Å². The Labute approximate surface area is 124 Å². The zero-order valence-electron chi connectivity index (χ0n) is 14.1. The van der Waals surface area contributed by atoms with Crippen molar-refractivity contribution >= 4 is 6.09 Å². The molecule has 1 saturated heterocycles. The van der Waals surface area contributed by atoms with Crippen LogP contribution in [0.25, 0.3) is 0 Å². The second kappa shape index (κ2) is 6.79. The van der Waals surface area contributed by atoms with E-state index in [-0.39, 0.29) is 6.09 Å². The van der Waals surface area contributed by atoms with E-state index < -0.39 is 5.60 Å². The van der Waals surface area contributed by atoms with Gasteiger partial charge in [0, 0.05) is 25.7 Å². The van der Waals surface area contributed by atoms with Crippen molar-refractivity contribution in [1.29, 1.82) is 0 Å². The number of rotatable bonds is 4. The minimum atomic E-state index is -0.407. The van der Waals surface area contributed by atoms with Gasteiger partial charge >= 0.3 is 6.09 Å². The van der Waals surface area contributed by atoms with E-state index >= 15 is 0 Å². The number of amides is 1. The third-order valence-electron chi connectivity index (χ3n) is 4.11. The summed E-state index contributed by atoms with van der Waals surface area (Å²) in [6.07, 6.45) is 3.06. The molecule has 0 aliphatic carbocycles. The maximum Gasteiger partial charge on any atom is 0.410 e. The van der Waals surface area contributed by atoms with Crippen LogP contribution in [-0.2, 0) is 4.74 Å². The fraction of sp³-hybridized carbons (Fsp3) is 0.938. The maximum absolute atomic E-state index is 12.0. The van der Waals surface area contributed by atoms with Gasteiger partial charge in [0.15, 0.2) is 0 Å². The first-order chi connectivity index (χ1) is 9.15. The molecule has 1 amide bonds. The first kappa shape index (κ1) is 17.3. The average molecular weight is 284 g/mol. The van der Waals surface area contributed by atoms with Gasteiger partial charge in [-0.15, -0.1) is 0 Å². The zero-order chi connectivity index (χ0) is 15.4. The Bertz CT molecular complexity index is 315. The average Bonchev–Trinajstić information content (AvgIpc) is 2.34. The molecule has 1 aliphatic rings. The molecule has 20 heavy (non-hydrogen) atoms. The van der Waals surface area contributed by atoms with Crippen molar-refractivity contribution in [3.63, 3.8) is 0 Å². The van der Waals surface area contributed by atoms with E-state index in [1.54, 1.807) is 0 Å². The summed E-state index contributed by atoms with van der Waals surface area (Å²) in [7, 11) is 0. The minimum absolute atomic E-state index is 0.172. The number of hydrogen-bond donors (Lipinski definition) is 1. The lowest BCUT2D eigenvalue weighted by atomic mass is 9.80. The Kier molecular flexibility index (Phi) is 5.87. The molecule has 0 bridgehead atoms. The second-order valence-corrected chi connectivity index (χ2v) is 7.47. The largest absolute Gasteiger partial charge is 0.444 e. The van der Waals surface area contributed by atoms with Gasteiger partial charge in [-0.1, -0.05) is 13.8 Å². The van der Waals surface area contributed by atoms with Crippen LogP contribution in [0.5, 0.6) is 0 Å². The number of hydrogen-bond acceptors (Lipinski definition) is 3. The summed E-state index contributed by atoms with van der Waals surface area (Å²) in [4.78, 5) is 13.9. The van der Waals surface area contributed by atoms with Crippen LogP contribution in [-0.4, -0.2) is 42.3 Å². The SMILES string of the molecule is CCC(C)NCC1(C)CCN(C(=O)OC(C)(C)C)CC1. The predicted molar refractivity (Wildman–Crippen MR) is 82.9 cm³/mol. The molecule has 0 saturated carbocycles. The van der Waals surface area contributed by atoms with Crippen LogP contribution in [0, 0.1) is 5.41 Å². The molecule has 1 N–H and O–H groups in total. The normalized spacial score (nSPS) is 20.6. The summed E-state index contributed by atoms with van der Waals surface area (Å²) in [5.74, 6) is 0. The molecule has 0 aromatic heterocycles. The minimum Gasteiger partial charge on any atom is -0.444 e. The zero-order valence-corrected chi connectivity index (χ0v) is 14.1. The van der Waals surface area contributed by atoms with Crippen molar-refractivity contribution in [3.8, 4) is 0 Å². The van der Waals surface area contributed by atoms with Gasteiger partial charge in [-0.05, 0) is 52.4 Å². The highest BCUT2D eigenvalue weighted by molar-refractivity contribution is 5.68. The van der Waals surface area contributed by atoms with E-state index in [1.165, 1.54) is 0 Å². The molecule has 0 spiro atoms. The molecule has 0 aromatic carbocycles. The van der Waals surface area contributed by atoms with Crippen molar-refractivity contribution < 1.29 is 9.53 Å². The number of carbonyl (C=O) groups excluding carboxylic acids is 1. The lowest BCUT2D eigenvalue weighted by Gasteiger charge is -2.40. The molecule has 1 fully saturated rings. The Balaban J connectivity index is 2.40. The predicted octanol–water partition coefficient (Wildman–Crippen LogP) is 3.41. The molecule has 118 valence electrons. The maximum atomic E-state index is 12.0. The molecule has 0 aromatic rings. The number of ether oxygens (including phenoxy) is 1. The summed E-state index contributed by atoms with van der Waals surface area (Å²) in [6.45, 7) is 15.1. The van der Waals surface area contributed by atoms with Crippen molar-refractivity contribution in [1.82, 2.24) is 10.2 Å². The first-order valence-corrected chi connectivity index (χ1v) is 7.86. The Morgan fingerprint density at radius 2 is 1.90 bits per heavy atom. The highest BCUT2D eigenvalue weighted by Crippen LogP contribution is 2.30. The molecular formula is C16H32N2O2. The fourth-order valence-electron chi connectivity index (χ4n) is 2.30. The Morgan fingerprint density at radius 3 is 2.35 bits per heavy atom. The number of carbonyl (C=O) groups is 1. The molecule has 1 heterocycles. The Morgan fingerprint density at radius 1 is 1.35 bits per heavy atom. The molecule has 4 heteroatoms. The van der Waals surface area contributed by atoms with E-state index in [2.05, 4.69) is 26.1 Å². The highest BCUT2D eigenvalue weighted by Gasteiger charge is 2.33. The van der Waals surface area contributed by atoms with Crippen LogP contribution in [0.2, 0.25) is 0 Å². The summed E-state index contributed by atoms with van der Waals surface area (Å²) in [5.41, 5.74) is -0.113. The molecule has 1 unspecified atom stereocenters. The number of likely N-dealkylation sites (tertiary alicyclic amines) is 1. The summed E-state index contributed by atoms with van der Waals surface area (Å²) >= 11 is 0. The lowest BCUT2D eigenvalue weighted by Crippen LogP contribution is -2.48. The van der Waals surface area contributed by atoms with Crippen molar-refractivity contribution in [2.75, 3.05) is 19.6 Å². The van der Waals surface area contributed by atoms with E-state index in [9.17, 15) is 4.79 Å². The standard InChI is InChI=1S/C16H32N2O2/c1-7-13(2)17-12-16(6)8-10-18(11-9-16)14(19)20-15(3,4)5/h13,17H,7-12H2,1-6H3. The summed E-state index contributed by atoms with van der Waals surface area (Å²) in [6, 6.07) is 0.565. The number of nitrogens with zero attached hydrogens (tertiary/aromatic N) is 1. The van der Waals surface area contributed by atoms with E-state index in [0.717, 1.165) is 38.9 Å². The highest BCUT2D eigenvalue weighted by atomic mass is 16.6. The quantitative estimate of drug-likeness (QED) is 0.860. The van der Waals surface area contributed by atoms with Crippen LogP contribution in [0.4, 0.5) is 4.79 Å². The van der Waals surface area contributed by atoms with E-state index in [1.807, 2.05) is 25.7 Å². The third kappa shape index (κ3) is 5.70. The third-order valence-corrected chi connectivity index (χ3v) is 4.11. The van der Waals surface area contributed by atoms with Gasteiger partial charge in [0.1, 0.15) is 5.60 Å². The van der Waals surface area contributed by atoms with E-state index in [4.69, 9.17) is 4.74 Å². The van der Waals surface area contributed by atoms with Crippen LogP contribution in [0.1, 0.15) is 60.8 Å². The molecule has 1 rings (SSSR count). The molecule has 1 aliphatic heterocycles. The molecule has 0 radical (unpaired) electrons. The molecule has 1 atom stereocenters. The van der Waals surface area contributed by atoms with Crippen LogP contribution in [0.3, 0.4) is 0 Å². The monoisotopic (exact) mass is 284 g/mol. The van der Waals surface area contributed by atoms with Gasteiger partial charge in [0.25, 0.3) is 0 Å². The van der Waals surface area contributed by atoms with Crippen molar-refractivity contribution in [2.24, 2.45) is 5.41 Å². The van der Waals surface area contributed by atoms with E-state index in [0.29, 0.717) is 11.5 Å². The van der Waals surface area contributed by atoms with Gasteiger partial charge in [-0.25, -0.2) is 4.79 Å². The van der Waals surface area contributed by atoms with Crippen LogP contribution in [0.15, 0.2) is 0 Å². The summed E-state index contributed by atoms with van der Waals surface area (Å²) in [5, 5.41) is 3.59. The van der Waals surface area contributed by atoms with Gasteiger partial charge in [-0.3, -0.25) is 0 Å². The first-order valence-electron chi connectivity index (χ1n) is 7.86. The van der Waals surface area contributed by atoms with Crippen LogP contribution >= 0.6 is 0 Å². The van der Waals surface area contributed by atoms with Gasteiger partial charge in [0.2, 0.25) is 0 Å². The Hall–Kier alpha value is -0.770. The second-order valence-electron chi connectivity index (χ2n) is 7.47. The van der Waals surface area contributed by atoms with Crippen molar-refractivity contribution in [2.45, 2.75) is 72.4 Å². The molecular weight excluding hydrogens is 252 g/mol. The van der Waals surface area contributed by atoms with Crippen LogP contribution < -0.4 is 5.32 Å². The number of nitrogens with one attached hydrogen (secondary N) is 1.